The van der Waals surface area contributed by atoms with Crippen molar-refractivity contribution in [1.82, 2.24) is 15.0 Å². The molecule has 7 heteroatoms. The Hall–Kier alpha value is -1.89. The Balaban J connectivity index is 1.68. The number of aromatic nitrogens is 3. The number of rotatable bonds is 2. The van der Waals surface area contributed by atoms with E-state index in [1.165, 1.54) is 0 Å². The summed E-state index contributed by atoms with van der Waals surface area (Å²) in [7, 11) is 0. The first-order chi connectivity index (χ1) is 9.74. The number of pyridine rings is 1. The monoisotopic (exact) mass is 334 g/mol. The molecule has 1 aliphatic rings. The van der Waals surface area contributed by atoms with Crippen LogP contribution in [0.5, 0.6) is 0 Å². The normalized spacial score (nSPS) is 15.4. The van der Waals surface area contributed by atoms with Gasteiger partial charge in [0.05, 0.1) is 22.0 Å². The molecule has 3 heterocycles. The lowest BCUT2D eigenvalue weighted by Crippen LogP contribution is -2.47. The van der Waals surface area contributed by atoms with Crippen LogP contribution in [-0.2, 0) is 0 Å². The zero-order chi connectivity index (χ0) is 13.9. The van der Waals surface area contributed by atoms with E-state index in [0.29, 0.717) is 0 Å². The Bertz CT molecular complexity index is 580. The van der Waals surface area contributed by atoms with E-state index in [2.05, 4.69) is 40.7 Å². The fourth-order valence-electron chi connectivity index (χ4n) is 2.30. The quantitative estimate of drug-likeness (QED) is 0.898. The third kappa shape index (κ3) is 2.67. The summed E-state index contributed by atoms with van der Waals surface area (Å²) in [4.78, 5) is 17.1. The van der Waals surface area contributed by atoms with E-state index in [0.717, 1.165) is 48.0 Å². The minimum absolute atomic E-state index is 0.723. The van der Waals surface area contributed by atoms with Gasteiger partial charge in [-0.2, -0.15) is 0 Å². The van der Waals surface area contributed by atoms with Gasteiger partial charge in [0.1, 0.15) is 0 Å². The topological polar surface area (TPSA) is 71.2 Å². The maximum atomic E-state index is 5.97. The molecule has 0 unspecified atom stereocenters. The van der Waals surface area contributed by atoms with E-state index in [9.17, 15) is 0 Å². The number of hydrogen-bond acceptors (Lipinski definition) is 6. The number of piperazine rings is 1. The largest absolute Gasteiger partial charge is 0.396 e. The van der Waals surface area contributed by atoms with E-state index < -0.39 is 0 Å². The van der Waals surface area contributed by atoms with Crippen molar-refractivity contribution in [2.75, 3.05) is 41.7 Å². The van der Waals surface area contributed by atoms with Crippen molar-refractivity contribution in [2.24, 2.45) is 0 Å². The number of nitrogens with zero attached hydrogens (tertiary/aromatic N) is 5. The number of nitrogens with two attached hydrogens (primary N) is 1. The summed E-state index contributed by atoms with van der Waals surface area (Å²) in [5.74, 6) is 0.774. The highest BCUT2D eigenvalue weighted by Crippen LogP contribution is 2.23. The van der Waals surface area contributed by atoms with Gasteiger partial charge in [0.25, 0.3) is 0 Å². The van der Waals surface area contributed by atoms with Gasteiger partial charge in [0, 0.05) is 44.8 Å². The maximum Gasteiger partial charge on any atom is 0.225 e. The molecule has 20 heavy (non-hydrogen) atoms. The second-order valence-electron chi connectivity index (χ2n) is 4.61. The highest BCUT2D eigenvalue weighted by Gasteiger charge is 2.20. The fourth-order valence-corrected chi connectivity index (χ4v) is 2.51. The molecule has 2 aromatic rings. The van der Waals surface area contributed by atoms with Crippen LogP contribution in [-0.4, -0.2) is 41.1 Å². The van der Waals surface area contributed by atoms with Crippen molar-refractivity contribution >= 4 is 33.3 Å². The third-order valence-electron chi connectivity index (χ3n) is 3.34. The molecule has 3 rings (SSSR count). The van der Waals surface area contributed by atoms with Gasteiger partial charge in [-0.15, -0.1) is 0 Å². The predicted octanol–water partition coefficient (Wildman–Crippen LogP) is 1.54. The highest BCUT2D eigenvalue weighted by atomic mass is 79.9. The Morgan fingerprint density at radius 2 is 1.65 bits per heavy atom. The molecule has 0 bridgehead atoms. The van der Waals surface area contributed by atoms with Gasteiger partial charge >= 0.3 is 0 Å². The van der Waals surface area contributed by atoms with Crippen LogP contribution in [0.3, 0.4) is 0 Å². The molecule has 0 spiro atoms. The van der Waals surface area contributed by atoms with Crippen LogP contribution in [0.15, 0.2) is 35.3 Å². The molecule has 104 valence electrons. The Morgan fingerprint density at radius 1 is 1.00 bits per heavy atom. The van der Waals surface area contributed by atoms with Crippen molar-refractivity contribution in [1.29, 1.82) is 0 Å². The van der Waals surface area contributed by atoms with E-state index in [1.807, 2.05) is 6.07 Å². The average Bonchev–Trinajstić information content (AvgIpc) is 2.49. The SMILES string of the molecule is Nc1cnccc1N1CCN(c2ncc(Br)cn2)CC1. The molecule has 0 radical (unpaired) electrons. The van der Waals surface area contributed by atoms with Gasteiger partial charge in [-0.3, -0.25) is 4.98 Å². The first kappa shape index (κ1) is 13.1. The number of nitrogen functional groups attached to an aromatic ring is 1. The third-order valence-corrected chi connectivity index (χ3v) is 3.75. The molecule has 1 fully saturated rings. The molecule has 0 saturated carbocycles. The van der Waals surface area contributed by atoms with Crippen LogP contribution in [0, 0.1) is 0 Å². The molecule has 2 N–H and O–H groups in total. The summed E-state index contributed by atoms with van der Waals surface area (Å²) in [6, 6.07) is 1.96. The molecule has 0 amide bonds. The van der Waals surface area contributed by atoms with E-state index in [-0.39, 0.29) is 0 Å². The van der Waals surface area contributed by atoms with Crippen molar-refractivity contribution < 1.29 is 0 Å². The Labute approximate surface area is 125 Å². The summed E-state index contributed by atoms with van der Waals surface area (Å²) >= 11 is 3.35. The molecule has 6 nitrogen and oxygen atoms in total. The van der Waals surface area contributed by atoms with Crippen LogP contribution in [0.4, 0.5) is 17.3 Å². The lowest BCUT2D eigenvalue weighted by molar-refractivity contribution is 0.640. The minimum atomic E-state index is 0.723. The number of hydrogen-bond donors (Lipinski definition) is 1. The average molecular weight is 335 g/mol. The van der Waals surface area contributed by atoms with Crippen LogP contribution < -0.4 is 15.5 Å². The Kier molecular flexibility index (Phi) is 3.68. The maximum absolute atomic E-state index is 5.97. The summed E-state index contributed by atoms with van der Waals surface area (Å²) in [5, 5.41) is 0. The lowest BCUT2D eigenvalue weighted by atomic mass is 10.2. The van der Waals surface area contributed by atoms with Crippen LogP contribution >= 0.6 is 15.9 Å². The molecule has 0 aliphatic carbocycles. The van der Waals surface area contributed by atoms with Crippen molar-refractivity contribution in [3.8, 4) is 0 Å². The van der Waals surface area contributed by atoms with Gasteiger partial charge in [-0.05, 0) is 22.0 Å². The van der Waals surface area contributed by atoms with Gasteiger partial charge < -0.3 is 15.5 Å². The summed E-state index contributed by atoms with van der Waals surface area (Å²) in [5.41, 5.74) is 7.74. The van der Waals surface area contributed by atoms with Gasteiger partial charge in [-0.1, -0.05) is 0 Å². The van der Waals surface area contributed by atoms with Crippen LogP contribution in [0.25, 0.3) is 0 Å². The summed E-state index contributed by atoms with van der Waals surface area (Å²) in [6.07, 6.45) is 7.01. The second kappa shape index (κ2) is 5.62. The van der Waals surface area contributed by atoms with Crippen molar-refractivity contribution in [3.05, 3.63) is 35.3 Å². The first-order valence-corrected chi connectivity index (χ1v) is 7.20. The molecule has 0 aromatic carbocycles. The highest BCUT2D eigenvalue weighted by molar-refractivity contribution is 9.10. The van der Waals surface area contributed by atoms with E-state index in [4.69, 9.17) is 5.73 Å². The first-order valence-electron chi connectivity index (χ1n) is 6.41. The Morgan fingerprint density at radius 3 is 2.30 bits per heavy atom. The molecular formula is C13H15BrN6. The smallest absolute Gasteiger partial charge is 0.225 e. The summed E-state index contributed by atoms with van der Waals surface area (Å²) in [6.45, 7) is 3.55. The molecule has 2 aromatic heterocycles. The standard InChI is InChI=1S/C13H15BrN6/c14-10-7-17-13(18-8-10)20-5-3-19(4-6-20)12-1-2-16-9-11(12)15/h1-2,7-9H,3-6,15H2. The second-order valence-corrected chi connectivity index (χ2v) is 5.53. The lowest BCUT2D eigenvalue weighted by Gasteiger charge is -2.36. The minimum Gasteiger partial charge on any atom is -0.396 e. The molecule has 0 atom stereocenters. The zero-order valence-corrected chi connectivity index (χ0v) is 12.5. The predicted molar refractivity (Wildman–Crippen MR) is 82.8 cm³/mol. The number of halogens is 1. The van der Waals surface area contributed by atoms with Crippen LogP contribution in [0.1, 0.15) is 0 Å². The molecular weight excluding hydrogens is 320 g/mol. The fraction of sp³-hybridized carbons (Fsp3) is 0.308. The zero-order valence-electron chi connectivity index (χ0n) is 10.9. The van der Waals surface area contributed by atoms with Gasteiger partial charge in [-0.25, -0.2) is 9.97 Å². The van der Waals surface area contributed by atoms with Gasteiger partial charge in [0.2, 0.25) is 5.95 Å². The molecule has 1 aliphatic heterocycles. The van der Waals surface area contributed by atoms with Crippen LogP contribution in [0.2, 0.25) is 0 Å². The summed E-state index contributed by atoms with van der Waals surface area (Å²) < 4.78 is 0.893. The van der Waals surface area contributed by atoms with E-state index in [1.54, 1.807) is 24.8 Å². The van der Waals surface area contributed by atoms with Gasteiger partial charge in [0.15, 0.2) is 0 Å². The van der Waals surface area contributed by atoms with Crippen molar-refractivity contribution in [2.45, 2.75) is 0 Å². The van der Waals surface area contributed by atoms with Crippen molar-refractivity contribution in [3.63, 3.8) is 0 Å². The van der Waals surface area contributed by atoms with E-state index >= 15 is 0 Å². The number of anilines is 3. The molecule has 1 saturated heterocycles.